The van der Waals surface area contributed by atoms with Gasteiger partial charge in [0.1, 0.15) is 29.2 Å². The van der Waals surface area contributed by atoms with Gasteiger partial charge in [0.05, 0.1) is 33.9 Å². The van der Waals surface area contributed by atoms with E-state index in [0.29, 0.717) is 28.0 Å². The average molecular weight is 408 g/mol. The van der Waals surface area contributed by atoms with Crippen molar-refractivity contribution in [3.8, 4) is 11.3 Å². The standard InChI is InChI=1S/C20H14F2N6O2/c1-9-13(8-30-27-9)19-11-5-10(3-4-15(11)25-26-19)24-20(29)17-14(21)6-16-12(18(17)22)7-23-28(16)2/h3-8H,1-2H3,(H,24,29)(H,25,26). The van der Waals surface area contributed by atoms with Gasteiger partial charge in [-0.25, -0.2) is 8.78 Å². The molecule has 5 rings (SSSR count). The molecule has 5 aromatic rings. The van der Waals surface area contributed by atoms with Crippen LogP contribution >= 0.6 is 0 Å². The Morgan fingerprint density at radius 1 is 1.23 bits per heavy atom. The zero-order valence-corrected chi connectivity index (χ0v) is 15.8. The number of nitrogens with one attached hydrogen (secondary N) is 2. The average Bonchev–Trinajstić information content (AvgIpc) is 3.41. The topological polar surface area (TPSA) is 102 Å². The van der Waals surface area contributed by atoms with Gasteiger partial charge in [0, 0.05) is 24.2 Å². The van der Waals surface area contributed by atoms with Gasteiger partial charge in [-0.2, -0.15) is 10.2 Å². The molecule has 0 aliphatic rings. The minimum Gasteiger partial charge on any atom is -0.364 e. The van der Waals surface area contributed by atoms with Gasteiger partial charge < -0.3 is 9.84 Å². The minimum atomic E-state index is -0.966. The van der Waals surface area contributed by atoms with Crippen LogP contribution in [0.3, 0.4) is 0 Å². The number of carbonyl (C=O) groups is 1. The Morgan fingerprint density at radius 2 is 2.07 bits per heavy atom. The number of hydrogen-bond acceptors (Lipinski definition) is 5. The number of rotatable bonds is 3. The molecule has 0 spiro atoms. The van der Waals surface area contributed by atoms with E-state index >= 15 is 0 Å². The first-order chi connectivity index (χ1) is 14.4. The van der Waals surface area contributed by atoms with Crippen molar-refractivity contribution >= 4 is 33.4 Å². The number of amides is 1. The predicted octanol–water partition coefficient (Wildman–Crippen LogP) is 3.94. The smallest absolute Gasteiger partial charge is 0.261 e. The highest BCUT2D eigenvalue weighted by Crippen LogP contribution is 2.31. The van der Waals surface area contributed by atoms with Crippen LogP contribution in [0, 0.1) is 18.6 Å². The van der Waals surface area contributed by atoms with Crippen molar-refractivity contribution in [1.82, 2.24) is 25.1 Å². The number of halogens is 2. The maximum absolute atomic E-state index is 14.8. The summed E-state index contributed by atoms with van der Waals surface area (Å²) in [7, 11) is 1.57. The number of aromatic nitrogens is 5. The number of fused-ring (bicyclic) bond motifs is 2. The summed E-state index contributed by atoms with van der Waals surface area (Å²) in [6.45, 7) is 1.78. The molecule has 0 fully saturated rings. The van der Waals surface area contributed by atoms with Gasteiger partial charge in [0.25, 0.3) is 5.91 Å². The van der Waals surface area contributed by atoms with Crippen molar-refractivity contribution in [3.63, 3.8) is 0 Å². The molecule has 150 valence electrons. The molecule has 3 heterocycles. The van der Waals surface area contributed by atoms with Gasteiger partial charge in [-0.1, -0.05) is 5.16 Å². The highest BCUT2D eigenvalue weighted by atomic mass is 19.1. The lowest BCUT2D eigenvalue weighted by molar-refractivity contribution is 0.101. The fourth-order valence-electron chi connectivity index (χ4n) is 3.44. The molecule has 8 nitrogen and oxygen atoms in total. The normalized spacial score (nSPS) is 11.5. The zero-order valence-electron chi connectivity index (χ0n) is 15.8. The molecule has 0 saturated heterocycles. The summed E-state index contributed by atoms with van der Waals surface area (Å²) in [5.74, 6) is -2.83. The zero-order chi connectivity index (χ0) is 21.0. The first kappa shape index (κ1) is 18.0. The maximum Gasteiger partial charge on any atom is 0.261 e. The SMILES string of the molecule is Cc1nocc1-c1n[nH]c2ccc(NC(=O)c3c(F)cc4c(cnn4C)c3F)cc12. The molecular weight excluding hydrogens is 394 g/mol. The van der Waals surface area contributed by atoms with E-state index in [-0.39, 0.29) is 10.9 Å². The van der Waals surface area contributed by atoms with Crippen LogP contribution in [0.25, 0.3) is 33.1 Å². The molecule has 0 atom stereocenters. The summed E-state index contributed by atoms with van der Waals surface area (Å²) in [6.07, 6.45) is 2.73. The summed E-state index contributed by atoms with van der Waals surface area (Å²) in [5, 5.41) is 18.2. The fourth-order valence-corrected chi connectivity index (χ4v) is 3.44. The molecule has 1 amide bonds. The first-order valence-electron chi connectivity index (χ1n) is 8.94. The van der Waals surface area contributed by atoms with Crippen LogP contribution in [0.5, 0.6) is 0 Å². The van der Waals surface area contributed by atoms with Gasteiger partial charge in [-0.05, 0) is 25.1 Å². The molecule has 0 bridgehead atoms. The van der Waals surface area contributed by atoms with Crippen molar-refractivity contribution in [2.45, 2.75) is 6.92 Å². The molecule has 30 heavy (non-hydrogen) atoms. The van der Waals surface area contributed by atoms with E-state index in [1.54, 1.807) is 32.2 Å². The third-order valence-electron chi connectivity index (χ3n) is 5.00. The number of aryl methyl sites for hydroxylation is 2. The largest absolute Gasteiger partial charge is 0.364 e. The molecule has 0 aliphatic heterocycles. The van der Waals surface area contributed by atoms with Crippen molar-refractivity contribution < 1.29 is 18.1 Å². The van der Waals surface area contributed by atoms with Crippen LogP contribution in [-0.2, 0) is 7.05 Å². The number of anilines is 1. The van der Waals surface area contributed by atoms with E-state index in [4.69, 9.17) is 4.52 Å². The van der Waals surface area contributed by atoms with Crippen molar-refractivity contribution in [1.29, 1.82) is 0 Å². The van der Waals surface area contributed by atoms with E-state index in [2.05, 4.69) is 25.8 Å². The molecule has 2 N–H and O–H groups in total. The van der Waals surface area contributed by atoms with Gasteiger partial charge in [-0.3, -0.25) is 14.6 Å². The van der Waals surface area contributed by atoms with Crippen LogP contribution in [0.1, 0.15) is 16.1 Å². The van der Waals surface area contributed by atoms with E-state index in [1.165, 1.54) is 17.1 Å². The van der Waals surface area contributed by atoms with Crippen LogP contribution in [0.15, 0.2) is 41.2 Å². The van der Waals surface area contributed by atoms with Crippen molar-refractivity contribution in [3.05, 3.63) is 59.6 Å². The van der Waals surface area contributed by atoms with Crippen molar-refractivity contribution in [2.24, 2.45) is 7.05 Å². The highest BCUT2D eigenvalue weighted by molar-refractivity contribution is 6.08. The van der Waals surface area contributed by atoms with E-state index < -0.39 is 23.1 Å². The number of carbonyl (C=O) groups excluding carboxylic acids is 1. The van der Waals surface area contributed by atoms with Gasteiger partial charge in [-0.15, -0.1) is 0 Å². The second-order valence-corrected chi connectivity index (χ2v) is 6.85. The van der Waals surface area contributed by atoms with Crippen LogP contribution < -0.4 is 5.32 Å². The Bertz CT molecular complexity index is 1450. The fraction of sp³-hybridized carbons (Fsp3) is 0.100. The summed E-state index contributed by atoms with van der Waals surface area (Å²) in [5.41, 5.74) is 2.62. The van der Waals surface area contributed by atoms with Gasteiger partial charge >= 0.3 is 0 Å². The molecule has 10 heteroatoms. The molecule has 0 radical (unpaired) electrons. The Balaban J connectivity index is 1.54. The Kier molecular flexibility index (Phi) is 3.88. The Labute approximate surface area is 167 Å². The van der Waals surface area contributed by atoms with Gasteiger partial charge in [0.2, 0.25) is 0 Å². The Hall–Kier alpha value is -4.08. The van der Waals surface area contributed by atoms with Gasteiger partial charge in [0.15, 0.2) is 0 Å². The highest BCUT2D eigenvalue weighted by Gasteiger charge is 2.23. The number of hydrogen-bond donors (Lipinski definition) is 2. The predicted molar refractivity (Wildman–Crippen MR) is 105 cm³/mol. The van der Waals surface area contributed by atoms with E-state index in [1.807, 2.05) is 0 Å². The number of H-pyrrole nitrogens is 1. The summed E-state index contributed by atoms with van der Waals surface area (Å²) in [4.78, 5) is 12.7. The summed E-state index contributed by atoms with van der Waals surface area (Å²) >= 11 is 0. The van der Waals surface area contributed by atoms with E-state index in [9.17, 15) is 13.6 Å². The maximum atomic E-state index is 14.8. The molecule has 2 aromatic carbocycles. The van der Waals surface area contributed by atoms with Crippen LogP contribution in [-0.4, -0.2) is 31.0 Å². The third-order valence-corrected chi connectivity index (χ3v) is 5.00. The minimum absolute atomic E-state index is 0.0690. The lowest BCUT2D eigenvalue weighted by atomic mass is 10.1. The monoisotopic (exact) mass is 408 g/mol. The number of nitrogens with zero attached hydrogens (tertiary/aromatic N) is 4. The summed E-state index contributed by atoms with van der Waals surface area (Å²) in [6, 6.07) is 6.08. The second-order valence-electron chi connectivity index (χ2n) is 6.85. The lowest BCUT2D eigenvalue weighted by Gasteiger charge is -2.09. The van der Waals surface area contributed by atoms with Crippen LogP contribution in [0.4, 0.5) is 14.5 Å². The third kappa shape index (κ3) is 2.65. The molecular formula is C20H14F2N6O2. The second kappa shape index (κ2) is 6.48. The summed E-state index contributed by atoms with van der Waals surface area (Å²) < 4.78 is 35.6. The lowest BCUT2D eigenvalue weighted by Crippen LogP contribution is -2.16. The van der Waals surface area contributed by atoms with Crippen LogP contribution in [0.2, 0.25) is 0 Å². The van der Waals surface area contributed by atoms with E-state index in [0.717, 1.165) is 11.6 Å². The molecule has 0 unspecified atom stereocenters. The number of benzene rings is 2. The molecule has 0 saturated carbocycles. The molecule has 0 aliphatic carbocycles. The van der Waals surface area contributed by atoms with Crippen molar-refractivity contribution in [2.75, 3.05) is 5.32 Å². The first-order valence-corrected chi connectivity index (χ1v) is 8.94. The Morgan fingerprint density at radius 3 is 2.83 bits per heavy atom. The number of aromatic amines is 1. The molecule has 3 aromatic heterocycles. The quantitative estimate of drug-likeness (QED) is 0.471.